The molecule has 7 heteroatoms. The molecule has 0 aliphatic carbocycles. The van der Waals surface area contributed by atoms with Crippen LogP contribution in [0.25, 0.3) is 0 Å². The second-order valence-electron chi connectivity index (χ2n) is 6.13. The lowest BCUT2D eigenvalue weighted by atomic mass is 10.1. The number of benzene rings is 1. The van der Waals surface area contributed by atoms with E-state index in [0.29, 0.717) is 35.3 Å². The molecule has 0 saturated carbocycles. The van der Waals surface area contributed by atoms with E-state index in [9.17, 15) is 4.79 Å². The highest BCUT2D eigenvalue weighted by atomic mass is 35.5. The van der Waals surface area contributed by atoms with Crippen molar-refractivity contribution < 1.29 is 14.3 Å². The minimum absolute atomic E-state index is 0.00496. The summed E-state index contributed by atoms with van der Waals surface area (Å²) in [7, 11) is 0. The second kappa shape index (κ2) is 7.23. The second-order valence-corrected chi connectivity index (χ2v) is 7.57. The largest absolute Gasteiger partial charge is 0.486 e. The Hall–Kier alpha value is -1.76. The van der Waals surface area contributed by atoms with Crippen LogP contribution >= 0.6 is 22.9 Å². The topological polar surface area (TPSA) is 42.0 Å². The van der Waals surface area contributed by atoms with Crippen LogP contribution in [0.5, 0.6) is 11.5 Å². The molecule has 2 aliphatic heterocycles. The van der Waals surface area contributed by atoms with Crippen LogP contribution in [-0.2, 0) is 6.54 Å². The summed E-state index contributed by atoms with van der Waals surface area (Å²) in [6, 6.07) is 7.64. The number of fused-ring (bicyclic) bond motifs is 1. The number of thiophene rings is 1. The molecule has 1 fully saturated rings. The molecule has 1 saturated heterocycles. The van der Waals surface area contributed by atoms with E-state index in [1.807, 2.05) is 4.90 Å². The van der Waals surface area contributed by atoms with Crippen LogP contribution in [0.2, 0.25) is 5.02 Å². The average molecular weight is 379 g/mol. The Labute approximate surface area is 155 Å². The maximum Gasteiger partial charge on any atom is 0.254 e. The zero-order chi connectivity index (χ0) is 17.2. The van der Waals surface area contributed by atoms with Gasteiger partial charge in [0.05, 0.1) is 5.02 Å². The lowest BCUT2D eigenvalue weighted by Gasteiger charge is -2.34. The minimum atomic E-state index is -0.00496. The van der Waals surface area contributed by atoms with E-state index in [0.717, 1.165) is 32.7 Å². The number of hydrogen-bond acceptors (Lipinski definition) is 5. The van der Waals surface area contributed by atoms with E-state index >= 15 is 0 Å². The van der Waals surface area contributed by atoms with Crippen molar-refractivity contribution in [2.75, 3.05) is 39.4 Å². The first-order chi connectivity index (χ1) is 12.2. The van der Waals surface area contributed by atoms with Gasteiger partial charge >= 0.3 is 0 Å². The summed E-state index contributed by atoms with van der Waals surface area (Å²) >= 11 is 8.02. The van der Waals surface area contributed by atoms with Crippen molar-refractivity contribution >= 4 is 28.8 Å². The van der Waals surface area contributed by atoms with Crippen LogP contribution < -0.4 is 9.47 Å². The molecular formula is C18H19ClN2O3S. The fraction of sp³-hybridized carbons (Fsp3) is 0.389. The van der Waals surface area contributed by atoms with E-state index in [2.05, 4.69) is 22.4 Å². The van der Waals surface area contributed by atoms with E-state index in [-0.39, 0.29) is 5.91 Å². The Morgan fingerprint density at radius 2 is 1.96 bits per heavy atom. The molecule has 132 valence electrons. The summed E-state index contributed by atoms with van der Waals surface area (Å²) in [5.74, 6) is 1.08. The fourth-order valence-corrected chi connectivity index (χ4v) is 4.16. The maximum absolute atomic E-state index is 12.8. The first-order valence-corrected chi connectivity index (χ1v) is 9.59. The summed E-state index contributed by atoms with van der Waals surface area (Å²) in [5.41, 5.74) is 0.556. The van der Waals surface area contributed by atoms with Crippen molar-refractivity contribution in [1.82, 2.24) is 9.80 Å². The summed E-state index contributed by atoms with van der Waals surface area (Å²) in [4.78, 5) is 18.4. The lowest BCUT2D eigenvalue weighted by Crippen LogP contribution is -2.48. The van der Waals surface area contributed by atoms with Crippen molar-refractivity contribution in [2.24, 2.45) is 0 Å². The summed E-state index contributed by atoms with van der Waals surface area (Å²) in [5, 5.41) is 2.53. The minimum Gasteiger partial charge on any atom is -0.486 e. The number of piperazine rings is 1. The van der Waals surface area contributed by atoms with Gasteiger partial charge in [0.15, 0.2) is 11.5 Å². The number of nitrogens with zero attached hydrogens (tertiary/aromatic N) is 2. The zero-order valence-corrected chi connectivity index (χ0v) is 15.3. The van der Waals surface area contributed by atoms with Gasteiger partial charge in [-0.05, 0) is 23.6 Å². The predicted octanol–water partition coefficient (Wildman–Crippen LogP) is 3.13. The smallest absolute Gasteiger partial charge is 0.254 e. The van der Waals surface area contributed by atoms with Crippen LogP contribution in [0.15, 0.2) is 29.6 Å². The zero-order valence-electron chi connectivity index (χ0n) is 13.7. The first-order valence-electron chi connectivity index (χ1n) is 8.34. The summed E-state index contributed by atoms with van der Waals surface area (Å²) < 4.78 is 11.1. The van der Waals surface area contributed by atoms with Crippen molar-refractivity contribution in [2.45, 2.75) is 6.54 Å². The molecular weight excluding hydrogens is 360 g/mol. The third-order valence-electron chi connectivity index (χ3n) is 4.46. The third kappa shape index (κ3) is 3.61. The van der Waals surface area contributed by atoms with Gasteiger partial charge in [0.2, 0.25) is 0 Å². The van der Waals surface area contributed by atoms with Crippen LogP contribution in [0, 0.1) is 0 Å². The monoisotopic (exact) mass is 378 g/mol. The number of carbonyl (C=O) groups is 1. The van der Waals surface area contributed by atoms with Gasteiger partial charge in [-0.25, -0.2) is 0 Å². The van der Waals surface area contributed by atoms with Gasteiger partial charge in [0.25, 0.3) is 5.91 Å². The van der Waals surface area contributed by atoms with Crippen molar-refractivity contribution in [1.29, 1.82) is 0 Å². The molecule has 0 atom stereocenters. The van der Waals surface area contributed by atoms with Crippen molar-refractivity contribution in [3.05, 3.63) is 45.1 Å². The fourth-order valence-electron chi connectivity index (χ4n) is 3.15. The number of ether oxygens (including phenoxy) is 2. The Morgan fingerprint density at radius 1 is 1.16 bits per heavy atom. The van der Waals surface area contributed by atoms with Crippen molar-refractivity contribution in [3.63, 3.8) is 0 Å². The normalized spacial score (nSPS) is 17.6. The molecule has 1 aromatic heterocycles. The van der Waals surface area contributed by atoms with Gasteiger partial charge < -0.3 is 14.4 Å². The van der Waals surface area contributed by atoms with Crippen LogP contribution in [0.1, 0.15) is 15.2 Å². The van der Waals surface area contributed by atoms with E-state index in [1.165, 1.54) is 4.88 Å². The molecule has 3 heterocycles. The number of halogens is 1. The molecule has 0 N–H and O–H groups in total. The first kappa shape index (κ1) is 16.7. The summed E-state index contributed by atoms with van der Waals surface area (Å²) in [6.45, 7) is 5.10. The molecule has 0 radical (unpaired) electrons. The molecule has 2 aromatic rings. The standard InChI is InChI=1S/C18H19ClN2O3S/c19-15-10-13(11-16-17(15)24-8-7-23-16)18(22)21-5-3-20(4-6-21)12-14-2-1-9-25-14/h1-2,9-11H,3-8,12H2. The number of rotatable bonds is 3. The van der Waals surface area contributed by atoms with E-state index < -0.39 is 0 Å². The predicted molar refractivity (Wildman–Crippen MR) is 97.9 cm³/mol. The highest BCUT2D eigenvalue weighted by Gasteiger charge is 2.25. The third-order valence-corrected chi connectivity index (χ3v) is 5.60. The number of hydrogen-bond donors (Lipinski definition) is 0. The Bertz CT molecular complexity index is 758. The molecule has 0 unspecified atom stereocenters. The highest BCUT2D eigenvalue weighted by Crippen LogP contribution is 2.38. The quantitative estimate of drug-likeness (QED) is 0.823. The van der Waals surface area contributed by atoms with Crippen LogP contribution in [0.3, 0.4) is 0 Å². The molecule has 0 spiro atoms. The molecule has 4 rings (SSSR count). The van der Waals surface area contributed by atoms with E-state index in [1.54, 1.807) is 23.5 Å². The van der Waals surface area contributed by atoms with E-state index in [4.69, 9.17) is 21.1 Å². The molecule has 5 nitrogen and oxygen atoms in total. The van der Waals surface area contributed by atoms with Gasteiger partial charge in [-0.2, -0.15) is 0 Å². The van der Waals surface area contributed by atoms with Gasteiger partial charge in [-0.15, -0.1) is 11.3 Å². The van der Waals surface area contributed by atoms with Crippen LogP contribution in [-0.4, -0.2) is 55.1 Å². The number of amides is 1. The maximum atomic E-state index is 12.8. The van der Waals surface area contributed by atoms with Gasteiger partial charge in [-0.1, -0.05) is 17.7 Å². The molecule has 1 amide bonds. The van der Waals surface area contributed by atoms with Gasteiger partial charge in [0.1, 0.15) is 13.2 Å². The summed E-state index contributed by atoms with van der Waals surface area (Å²) in [6.07, 6.45) is 0. The van der Waals surface area contributed by atoms with Crippen molar-refractivity contribution in [3.8, 4) is 11.5 Å². The Balaban J connectivity index is 1.41. The molecule has 2 aliphatic rings. The Morgan fingerprint density at radius 3 is 2.72 bits per heavy atom. The molecule has 0 bridgehead atoms. The highest BCUT2D eigenvalue weighted by molar-refractivity contribution is 7.09. The Kier molecular flexibility index (Phi) is 4.83. The number of carbonyl (C=O) groups excluding carboxylic acids is 1. The van der Waals surface area contributed by atoms with Gasteiger partial charge in [-0.3, -0.25) is 9.69 Å². The molecule has 1 aromatic carbocycles. The van der Waals surface area contributed by atoms with Gasteiger partial charge in [0, 0.05) is 43.2 Å². The average Bonchev–Trinajstić information content (AvgIpc) is 3.15. The van der Waals surface area contributed by atoms with Crippen LogP contribution in [0.4, 0.5) is 0 Å². The lowest BCUT2D eigenvalue weighted by molar-refractivity contribution is 0.0628. The molecule has 25 heavy (non-hydrogen) atoms. The SMILES string of the molecule is O=C(c1cc(Cl)c2c(c1)OCCO2)N1CCN(Cc2cccs2)CC1.